The van der Waals surface area contributed by atoms with Gasteiger partial charge in [-0.05, 0) is 39.5 Å². The quantitative estimate of drug-likeness (QED) is 0.800. The molecule has 0 aliphatic carbocycles. The molecule has 0 aromatic carbocycles. The maximum Gasteiger partial charge on any atom is 0.282 e. The highest BCUT2D eigenvalue weighted by Gasteiger charge is 2.38. The lowest BCUT2D eigenvalue weighted by Crippen LogP contribution is -2.53. The fraction of sp³-hybridized carbons (Fsp3) is 0.933. The summed E-state index contributed by atoms with van der Waals surface area (Å²) in [6, 6.07) is -0.0749. The van der Waals surface area contributed by atoms with Gasteiger partial charge in [-0.2, -0.15) is 17.0 Å². The van der Waals surface area contributed by atoms with Gasteiger partial charge >= 0.3 is 0 Å². The lowest BCUT2D eigenvalue weighted by molar-refractivity contribution is -0.117. The van der Waals surface area contributed by atoms with E-state index in [1.807, 2.05) is 6.92 Å². The van der Waals surface area contributed by atoms with E-state index in [2.05, 4.69) is 0 Å². The summed E-state index contributed by atoms with van der Waals surface area (Å²) in [5.74, 6) is 0.0776. The standard InChI is InChI=1S/C15H28N2O3S/c1-13-8-5-7-10-16(13)21(19,20)17-11-6-3-4-9-15(17)12-14(2)18/h13,15H,3-12H2,1-2H3. The molecule has 0 saturated carbocycles. The SMILES string of the molecule is CC(=O)CC1CCCCCN1S(=O)(=O)N1CCCCC1C. The lowest BCUT2D eigenvalue weighted by atomic mass is 10.1. The molecule has 0 aromatic rings. The van der Waals surface area contributed by atoms with E-state index in [9.17, 15) is 13.2 Å². The van der Waals surface area contributed by atoms with Crippen LogP contribution in [0.4, 0.5) is 0 Å². The summed E-state index contributed by atoms with van der Waals surface area (Å²) >= 11 is 0. The van der Waals surface area contributed by atoms with Gasteiger partial charge in [0.2, 0.25) is 0 Å². The number of piperidine rings is 1. The second kappa shape index (κ2) is 7.20. The molecule has 2 rings (SSSR count). The maximum absolute atomic E-state index is 13.0. The minimum Gasteiger partial charge on any atom is -0.300 e. The average Bonchev–Trinajstić information content (AvgIpc) is 2.64. The molecule has 0 spiro atoms. The number of Topliss-reactive ketones (excluding diaryl/α,β-unsaturated/α-hetero) is 1. The zero-order chi connectivity index (χ0) is 15.5. The van der Waals surface area contributed by atoms with Crippen LogP contribution in [-0.2, 0) is 15.0 Å². The van der Waals surface area contributed by atoms with E-state index in [-0.39, 0.29) is 17.9 Å². The van der Waals surface area contributed by atoms with E-state index in [0.29, 0.717) is 19.5 Å². The first kappa shape index (κ1) is 16.9. The van der Waals surface area contributed by atoms with Crippen LogP contribution in [0.15, 0.2) is 0 Å². The van der Waals surface area contributed by atoms with E-state index in [1.54, 1.807) is 15.5 Å². The molecule has 6 heteroatoms. The second-order valence-corrected chi connectivity index (χ2v) is 8.32. The Kier molecular flexibility index (Phi) is 5.80. The van der Waals surface area contributed by atoms with E-state index in [1.165, 1.54) is 0 Å². The van der Waals surface area contributed by atoms with Gasteiger partial charge in [0.1, 0.15) is 5.78 Å². The Hall–Kier alpha value is -0.460. The Morgan fingerprint density at radius 1 is 1.00 bits per heavy atom. The average molecular weight is 316 g/mol. The van der Waals surface area contributed by atoms with Crippen LogP contribution in [-0.4, -0.2) is 48.0 Å². The maximum atomic E-state index is 13.0. The van der Waals surface area contributed by atoms with Gasteiger partial charge in [-0.1, -0.05) is 19.3 Å². The van der Waals surface area contributed by atoms with Crippen molar-refractivity contribution in [3.63, 3.8) is 0 Å². The minimum absolute atomic E-state index is 0.0741. The van der Waals surface area contributed by atoms with Gasteiger partial charge < -0.3 is 0 Å². The van der Waals surface area contributed by atoms with E-state index < -0.39 is 10.2 Å². The predicted octanol–water partition coefficient (Wildman–Crippen LogP) is 2.33. The molecule has 2 aliphatic rings. The van der Waals surface area contributed by atoms with E-state index in [0.717, 1.165) is 44.9 Å². The highest BCUT2D eigenvalue weighted by molar-refractivity contribution is 7.86. The number of hydrogen-bond donors (Lipinski definition) is 0. The monoisotopic (exact) mass is 316 g/mol. The molecule has 0 aromatic heterocycles. The molecule has 0 radical (unpaired) electrons. The molecule has 2 heterocycles. The largest absolute Gasteiger partial charge is 0.300 e. The molecule has 0 amide bonds. The topological polar surface area (TPSA) is 57.7 Å². The predicted molar refractivity (Wildman–Crippen MR) is 83.2 cm³/mol. The number of nitrogens with zero attached hydrogens (tertiary/aromatic N) is 2. The summed E-state index contributed by atoms with van der Waals surface area (Å²) in [5, 5.41) is 0. The first-order chi connectivity index (χ1) is 9.93. The summed E-state index contributed by atoms with van der Waals surface area (Å²) in [7, 11) is -3.44. The molecular formula is C15H28N2O3S. The third-order valence-electron chi connectivity index (χ3n) is 4.68. The normalized spacial score (nSPS) is 30.0. The van der Waals surface area contributed by atoms with Crippen molar-refractivity contribution in [2.75, 3.05) is 13.1 Å². The van der Waals surface area contributed by atoms with Crippen molar-refractivity contribution in [3.05, 3.63) is 0 Å². The van der Waals surface area contributed by atoms with Gasteiger partial charge in [-0.15, -0.1) is 0 Å². The second-order valence-electron chi connectivity index (χ2n) is 6.48. The number of carbonyl (C=O) groups excluding carboxylic acids is 1. The van der Waals surface area contributed by atoms with Crippen molar-refractivity contribution < 1.29 is 13.2 Å². The fourth-order valence-electron chi connectivity index (χ4n) is 3.54. The first-order valence-electron chi connectivity index (χ1n) is 8.21. The van der Waals surface area contributed by atoms with Gasteiger partial charge in [0, 0.05) is 31.6 Å². The third-order valence-corrected chi connectivity index (χ3v) is 6.89. The first-order valence-corrected chi connectivity index (χ1v) is 9.60. The van der Waals surface area contributed by atoms with Gasteiger partial charge in [0.05, 0.1) is 0 Å². The highest BCUT2D eigenvalue weighted by atomic mass is 32.2. The van der Waals surface area contributed by atoms with E-state index in [4.69, 9.17) is 0 Å². The van der Waals surface area contributed by atoms with Crippen molar-refractivity contribution in [1.29, 1.82) is 0 Å². The van der Waals surface area contributed by atoms with Crippen LogP contribution in [0.2, 0.25) is 0 Å². The molecular weight excluding hydrogens is 288 g/mol. The molecule has 2 unspecified atom stereocenters. The zero-order valence-corrected chi connectivity index (χ0v) is 14.1. The lowest BCUT2D eigenvalue weighted by Gasteiger charge is -2.38. The number of carbonyl (C=O) groups is 1. The molecule has 0 N–H and O–H groups in total. The molecule has 2 atom stereocenters. The summed E-state index contributed by atoms with van der Waals surface area (Å²) in [5.41, 5.74) is 0. The Morgan fingerprint density at radius 3 is 2.29 bits per heavy atom. The molecule has 2 aliphatic heterocycles. The van der Waals surface area contributed by atoms with Crippen LogP contribution in [0.3, 0.4) is 0 Å². The van der Waals surface area contributed by atoms with Crippen LogP contribution in [0.25, 0.3) is 0 Å². The number of hydrogen-bond acceptors (Lipinski definition) is 3. The van der Waals surface area contributed by atoms with Gasteiger partial charge in [0.15, 0.2) is 0 Å². The summed E-state index contributed by atoms with van der Waals surface area (Å²) in [6.07, 6.45) is 7.09. The minimum atomic E-state index is -3.44. The van der Waals surface area contributed by atoms with Crippen LogP contribution < -0.4 is 0 Å². The molecule has 0 bridgehead atoms. The summed E-state index contributed by atoms with van der Waals surface area (Å²) in [4.78, 5) is 11.5. The number of ketones is 1. The molecule has 2 fully saturated rings. The van der Waals surface area contributed by atoms with Gasteiger partial charge in [-0.3, -0.25) is 4.79 Å². The van der Waals surface area contributed by atoms with Crippen LogP contribution in [0.1, 0.15) is 65.2 Å². The van der Waals surface area contributed by atoms with Crippen molar-refractivity contribution in [3.8, 4) is 0 Å². The zero-order valence-electron chi connectivity index (χ0n) is 13.3. The molecule has 5 nitrogen and oxygen atoms in total. The Morgan fingerprint density at radius 2 is 1.62 bits per heavy atom. The summed E-state index contributed by atoms with van der Waals surface area (Å²) < 4.78 is 29.4. The molecule has 122 valence electrons. The Bertz CT molecular complexity index is 464. The number of rotatable bonds is 4. The molecule has 2 saturated heterocycles. The Balaban J connectivity index is 2.22. The third kappa shape index (κ3) is 4.05. The van der Waals surface area contributed by atoms with E-state index >= 15 is 0 Å². The van der Waals surface area contributed by atoms with Gasteiger partial charge in [0.25, 0.3) is 10.2 Å². The van der Waals surface area contributed by atoms with Crippen molar-refractivity contribution in [2.45, 2.75) is 77.3 Å². The van der Waals surface area contributed by atoms with Crippen LogP contribution in [0.5, 0.6) is 0 Å². The van der Waals surface area contributed by atoms with Gasteiger partial charge in [-0.25, -0.2) is 0 Å². The Labute approximate surface area is 128 Å². The van der Waals surface area contributed by atoms with Crippen LogP contribution >= 0.6 is 0 Å². The van der Waals surface area contributed by atoms with Crippen LogP contribution in [0, 0.1) is 0 Å². The fourth-order valence-corrected chi connectivity index (χ4v) is 5.65. The summed E-state index contributed by atoms with van der Waals surface area (Å²) in [6.45, 7) is 4.73. The smallest absolute Gasteiger partial charge is 0.282 e. The highest BCUT2D eigenvalue weighted by Crippen LogP contribution is 2.28. The van der Waals surface area contributed by atoms with Crippen molar-refractivity contribution in [1.82, 2.24) is 8.61 Å². The molecule has 21 heavy (non-hydrogen) atoms. The van der Waals surface area contributed by atoms with Crippen molar-refractivity contribution >= 4 is 16.0 Å². The van der Waals surface area contributed by atoms with Crippen molar-refractivity contribution in [2.24, 2.45) is 0 Å².